The van der Waals surface area contributed by atoms with E-state index in [1.54, 1.807) is 12.2 Å². The Balaban J connectivity index is 2.15. The van der Waals surface area contributed by atoms with Crippen LogP contribution in [-0.4, -0.2) is 31.0 Å². The van der Waals surface area contributed by atoms with Crippen molar-refractivity contribution >= 4 is 5.69 Å². The van der Waals surface area contributed by atoms with Crippen LogP contribution in [0.2, 0.25) is 0 Å². The van der Waals surface area contributed by atoms with Crippen LogP contribution in [0, 0.1) is 15.9 Å². The zero-order valence-corrected chi connectivity index (χ0v) is 10.1. The molecule has 2 rings (SSSR count). The van der Waals surface area contributed by atoms with Gasteiger partial charge in [0.25, 0.3) is 0 Å². The maximum absolute atomic E-state index is 13.1. The third kappa shape index (κ3) is 3.27. The van der Waals surface area contributed by atoms with Crippen molar-refractivity contribution < 1.29 is 23.5 Å². The summed E-state index contributed by atoms with van der Waals surface area (Å²) in [6, 6.07) is 3.06. The molecule has 7 heteroatoms. The van der Waals surface area contributed by atoms with Crippen molar-refractivity contribution in [3.8, 4) is 5.75 Å². The van der Waals surface area contributed by atoms with E-state index in [0.29, 0.717) is 0 Å². The Morgan fingerprint density at radius 2 is 2.26 bits per heavy atom. The zero-order chi connectivity index (χ0) is 13.8. The van der Waals surface area contributed by atoms with E-state index in [-0.39, 0.29) is 18.0 Å². The van der Waals surface area contributed by atoms with Crippen LogP contribution >= 0.6 is 0 Å². The molecule has 2 atom stereocenters. The zero-order valence-electron chi connectivity index (χ0n) is 10.1. The van der Waals surface area contributed by atoms with Crippen LogP contribution < -0.4 is 4.74 Å². The summed E-state index contributed by atoms with van der Waals surface area (Å²) in [5.41, 5.74) is -0.288. The molecule has 6 nitrogen and oxygen atoms in total. The molecule has 0 fully saturated rings. The molecule has 1 heterocycles. The van der Waals surface area contributed by atoms with Gasteiger partial charge in [0, 0.05) is 19.2 Å². The first-order chi connectivity index (χ1) is 9.10. The average Bonchev–Trinajstić information content (AvgIpc) is 2.39. The summed E-state index contributed by atoms with van der Waals surface area (Å²) < 4.78 is 28.7. The second-order valence-corrected chi connectivity index (χ2v) is 3.85. The fraction of sp³-hybridized carbons (Fsp3) is 0.333. The molecule has 0 bridgehead atoms. The van der Waals surface area contributed by atoms with Crippen molar-refractivity contribution in [2.75, 3.05) is 13.7 Å². The minimum absolute atomic E-state index is 0.126. The summed E-state index contributed by atoms with van der Waals surface area (Å²) in [4.78, 5) is 10.2. The SMILES string of the molecule is CO[C@H]1C=C[C@H](Oc2cc(F)ccc2[N+](=O)[O-])CO1. The minimum atomic E-state index is -0.625. The first-order valence-corrected chi connectivity index (χ1v) is 5.53. The lowest BCUT2D eigenvalue weighted by Gasteiger charge is -2.23. The molecule has 0 saturated heterocycles. The van der Waals surface area contributed by atoms with Gasteiger partial charge in [0.2, 0.25) is 5.75 Å². The number of nitro benzene ring substituents is 1. The lowest BCUT2D eigenvalue weighted by Crippen LogP contribution is -2.29. The first-order valence-electron chi connectivity index (χ1n) is 5.53. The highest BCUT2D eigenvalue weighted by molar-refractivity contribution is 5.46. The third-order valence-corrected chi connectivity index (χ3v) is 2.54. The fourth-order valence-corrected chi connectivity index (χ4v) is 1.63. The highest BCUT2D eigenvalue weighted by Crippen LogP contribution is 2.29. The van der Waals surface area contributed by atoms with E-state index in [1.165, 1.54) is 7.11 Å². The van der Waals surface area contributed by atoms with Gasteiger partial charge in [0.1, 0.15) is 11.9 Å². The molecular formula is C12H12FNO5. The Bertz CT molecular complexity index is 505. The molecule has 1 aliphatic heterocycles. The van der Waals surface area contributed by atoms with E-state index in [0.717, 1.165) is 18.2 Å². The van der Waals surface area contributed by atoms with E-state index < -0.39 is 23.1 Å². The molecule has 0 aromatic heterocycles. The maximum Gasteiger partial charge on any atom is 0.311 e. The monoisotopic (exact) mass is 269 g/mol. The summed E-state index contributed by atoms with van der Waals surface area (Å²) >= 11 is 0. The number of hydrogen-bond donors (Lipinski definition) is 0. The van der Waals surface area contributed by atoms with Crippen LogP contribution in [0.1, 0.15) is 0 Å². The third-order valence-electron chi connectivity index (χ3n) is 2.54. The summed E-state index contributed by atoms with van der Waals surface area (Å²) in [7, 11) is 1.49. The number of nitrogens with zero attached hydrogens (tertiary/aromatic N) is 1. The molecule has 19 heavy (non-hydrogen) atoms. The van der Waals surface area contributed by atoms with E-state index in [1.807, 2.05) is 0 Å². The number of rotatable bonds is 4. The van der Waals surface area contributed by atoms with Gasteiger partial charge in [-0.05, 0) is 18.2 Å². The number of ether oxygens (including phenoxy) is 3. The first kappa shape index (κ1) is 13.4. The average molecular weight is 269 g/mol. The van der Waals surface area contributed by atoms with Crippen molar-refractivity contribution in [1.82, 2.24) is 0 Å². The Hall–Kier alpha value is -1.99. The molecule has 102 valence electrons. The molecule has 1 aliphatic rings. The molecule has 1 aromatic rings. The summed E-state index contributed by atoms with van der Waals surface area (Å²) in [6.07, 6.45) is 2.31. The predicted octanol–water partition coefficient (Wildman–Crippen LogP) is 2.04. The van der Waals surface area contributed by atoms with E-state index in [9.17, 15) is 14.5 Å². The highest BCUT2D eigenvalue weighted by atomic mass is 19.1. The Labute approximate surface area is 108 Å². The van der Waals surface area contributed by atoms with Crippen LogP contribution in [0.3, 0.4) is 0 Å². The molecular weight excluding hydrogens is 257 g/mol. The highest BCUT2D eigenvalue weighted by Gasteiger charge is 2.22. The van der Waals surface area contributed by atoms with Gasteiger partial charge in [0.05, 0.1) is 11.5 Å². The van der Waals surface area contributed by atoms with Crippen molar-refractivity contribution in [2.45, 2.75) is 12.4 Å². The van der Waals surface area contributed by atoms with E-state index in [4.69, 9.17) is 14.2 Å². The van der Waals surface area contributed by atoms with Gasteiger partial charge >= 0.3 is 5.69 Å². The topological polar surface area (TPSA) is 70.8 Å². The van der Waals surface area contributed by atoms with Gasteiger partial charge in [-0.1, -0.05) is 0 Å². The van der Waals surface area contributed by atoms with Gasteiger partial charge in [-0.15, -0.1) is 0 Å². The lowest BCUT2D eigenvalue weighted by atomic mass is 10.2. The predicted molar refractivity (Wildman–Crippen MR) is 63.4 cm³/mol. The quantitative estimate of drug-likeness (QED) is 0.475. The summed E-state index contributed by atoms with van der Waals surface area (Å²) in [5, 5.41) is 10.8. The molecule has 0 amide bonds. The molecule has 0 spiro atoms. The molecule has 1 aromatic carbocycles. The van der Waals surface area contributed by atoms with Crippen molar-refractivity contribution in [3.05, 3.63) is 46.3 Å². The molecule has 0 radical (unpaired) electrons. The van der Waals surface area contributed by atoms with Gasteiger partial charge in [0.15, 0.2) is 6.29 Å². The number of nitro groups is 1. The number of methoxy groups -OCH3 is 1. The van der Waals surface area contributed by atoms with Crippen molar-refractivity contribution in [3.63, 3.8) is 0 Å². The fourth-order valence-electron chi connectivity index (χ4n) is 1.63. The van der Waals surface area contributed by atoms with Crippen molar-refractivity contribution in [1.29, 1.82) is 0 Å². The van der Waals surface area contributed by atoms with Crippen molar-refractivity contribution in [2.24, 2.45) is 0 Å². The van der Waals surface area contributed by atoms with Crippen LogP contribution in [-0.2, 0) is 9.47 Å². The normalized spacial score (nSPS) is 22.2. The van der Waals surface area contributed by atoms with E-state index >= 15 is 0 Å². The second-order valence-electron chi connectivity index (χ2n) is 3.85. The summed E-state index contributed by atoms with van der Waals surface area (Å²) in [6.45, 7) is 0.169. The molecule has 0 unspecified atom stereocenters. The molecule has 0 saturated carbocycles. The Morgan fingerprint density at radius 1 is 1.47 bits per heavy atom. The smallest absolute Gasteiger partial charge is 0.311 e. The minimum Gasteiger partial charge on any atom is -0.477 e. The van der Waals surface area contributed by atoms with Gasteiger partial charge in [-0.25, -0.2) is 4.39 Å². The van der Waals surface area contributed by atoms with Crippen LogP contribution in [0.4, 0.5) is 10.1 Å². The maximum atomic E-state index is 13.1. The van der Waals surface area contributed by atoms with Crippen LogP contribution in [0.15, 0.2) is 30.4 Å². The number of halogens is 1. The molecule has 0 aliphatic carbocycles. The van der Waals surface area contributed by atoms with Gasteiger partial charge in [-0.2, -0.15) is 0 Å². The van der Waals surface area contributed by atoms with Gasteiger partial charge in [-0.3, -0.25) is 10.1 Å². The Kier molecular flexibility index (Phi) is 4.08. The summed E-state index contributed by atoms with van der Waals surface area (Å²) in [5.74, 6) is -0.727. The Morgan fingerprint density at radius 3 is 2.84 bits per heavy atom. The number of hydrogen-bond acceptors (Lipinski definition) is 5. The standard InChI is InChI=1S/C12H12FNO5/c1-17-12-5-3-9(7-18-12)19-11-6-8(13)2-4-10(11)14(15)16/h2-6,9,12H,7H2,1H3/t9-,12+/m0/s1. The largest absolute Gasteiger partial charge is 0.477 e. The van der Waals surface area contributed by atoms with E-state index in [2.05, 4.69) is 0 Å². The second kappa shape index (κ2) is 5.77. The number of benzene rings is 1. The van der Waals surface area contributed by atoms with Crippen LogP contribution in [0.5, 0.6) is 5.75 Å². The van der Waals surface area contributed by atoms with Crippen LogP contribution in [0.25, 0.3) is 0 Å². The van der Waals surface area contributed by atoms with Gasteiger partial charge < -0.3 is 14.2 Å². The molecule has 0 N–H and O–H groups in total. The lowest BCUT2D eigenvalue weighted by molar-refractivity contribution is -0.386.